The molecule has 8 heteroatoms. The Morgan fingerprint density at radius 2 is 1.91 bits per heavy atom. The Kier molecular flexibility index (Phi) is 6.22. The predicted octanol–water partition coefficient (Wildman–Crippen LogP) is 4.76. The highest BCUT2D eigenvalue weighted by Gasteiger charge is 2.33. The van der Waals surface area contributed by atoms with Crippen molar-refractivity contribution in [2.45, 2.75) is 12.5 Å². The molecule has 7 nitrogen and oxygen atoms in total. The number of nitrogens with zero attached hydrogens (tertiary/aromatic N) is 2. The van der Waals surface area contributed by atoms with Crippen LogP contribution >= 0.6 is 0 Å². The zero-order valence-corrected chi connectivity index (χ0v) is 17.4. The molecular formula is C25H19FN4O3. The molecule has 3 aromatic rings. The SMILES string of the molecule is N#Cc1ccc(NC(c2ccc(F)cc2)C2COc3cc(CC(=O)N=O)ccc3C2=N)cc1. The van der Waals surface area contributed by atoms with Gasteiger partial charge in [0.2, 0.25) is 0 Å². The average molecular weight is 442 g/mol. The van der Waals surface area contributed by atoms with E-state index in [-0.39, 0.29) is 18.8 Å². The van der Waals surface area contributed by atoms with Crippen LogP contribution in [0.15, 0.2) is 71.9 Å². The smallest absolute Gasteiger partial charge is 0.290 e. The number of nitroso groups, excluding NO2 is 1. The average Bonchev–Trinajstić information content (AvgIpc) is 2.84. The molecule has 1 amide bonds. The number of carbonyl (C=O) groups is 1. The molecule has 1 aliphatic rings. The summed E-state index contributed by atoms with van der Waals surface area (Å²) in [5, 5.41) is 23.7. The third-order valence-electron chi connectivity index (χ3n) is 5.55. The first-order valence-corrected chi connectivity index (χ1v) is 10.2. The highest BCUT2D eigenvalue weighted by Crippen LogP contribution is 2.36. The first-order chi connectivity index (χ1) is 16.0. The Morgan fingerprint density at radius 3 is 2.58 bits per heavy atom. The third kappa shape index (κ3) is 4.77. The molecular weight excluding hydrogens is 423 g/mol. The minimum atomic E-state index is -0.776. The molecule has 0 bridgehead atoms. The standard InChI is InChI=1S/C25H19FN4O3/c26-18-6-4-17(5-7-18)25(29-19-8-1-15(13-27)2-9-19)21-14-33-22-11-16(12-23(31)30-32)3-10-20(22)24(21)28/h1-11,21,25,28-29H,12,14H2. The summed E-state index contributed by atoms with van der Waals surface area (Å²) >= 11 is 0. The van der Waals surface area contributed by atoms with Crippen molar-refractivity contribution in [2.24, 2.45) is 11.1 Å². The molecule has 0 fully saturated rings. The Bertz CT molecular complexity index is 1250. The summed E-state index contributed by atoms with van der Waals surface area (Å²) in [7, 11) is 0. The van der Waals surface area contributed by atoms with Crippen LogP contribution in [-0.4, -0.2) is 18.2 Å². The third-order valence-corrected chi connectivity index (χ3v) is 5.55. The fraction of sp³-hybridized carbons (Fsp3) is 0.160. The van der Waals surface area contributed by atoms with E-state index in [1.54, 1.807) is 54.6 Å². The number of nitrogens with one attached hydrogen (secondary N) is 2. The van der Waals surface area contributed by atoms with Gasteiger partial charge in [0.25, 0.3) is 5.91 Å². The zero-order chi connectivity index (χ0) is 23.4. The van der Waals surface area contributed by atoms with Gasteiger partial charge in [-0.15, -0.1) is 4.91 Å². The van der Waals surface area contributed by atoms with E-state index < -0.39 is 17.9 Å². The first kappa shape index (κ1) is 21.8. The van der Waals surface area contributed by atoms with Crippen molar-refractivity contribution in [3.8, 4) is 11.8 Å². The summed E-state index contributed by atoms with van der Waals surface area (Å²) in [6.07, 6.45) is -0.130. The molecule has 2 unspecified atom stereocenters. The Labute approximate surface area is 189 Å². The van der Waals surface area contributed by atoms with Crippen LogP contribution in [0.2, 0.25) is 0 Å². The number of halogens is 1. The zero-order valence-electron chi connectivity index (χ0n) is 17.4. The molecule has 2 atom stereocenters. The second-order valence-electron chi connectivity index (χ2n) is 7.69. The fourth-order valence-corrected chi connectivity index (χ4v) is 3.86. The highest BCUT2D eigenvalue weighted by atomic mass is 19.1. The number of hydrogen-bond acceptors (Lipinski definition) is 6. The molecule has 1 heterocycles. The van der Waals surface area contributed by atoms with Crippen LogP contribution in [0.3, 0.4) is 0 Å². The minimum absolute atomic E-state index is 0.130. The Hall–Kier alpha value is -4.38. The molecule has 0 spiro atoms. The maximum Gasteiger partial charge on any atom is 0.290 e. The van der Waals surface area contributed by atoms with Crippen LogP contribution < -0.4 is 10.1 Å². The topological polar surface area (TPSA) is 115 Å². The van der Waals surface area contributed by atoms with Crippen LogP contribution in [0.5, 0.6) is 5.75 Å². The van der Waals surface area contributed by atoms with Gasteiger partial charge in [0, 0.05) is 16.4 Å². The molecule has 2 N–H and O–H groups in total. The lowest BCUT2D eigenvalue weighted by Gasteiger charge is -2.34. The van der Waals surface area contributed by atoms with Crippen molar-refractivity contribution in [2.75, 3.05) is 11.9 Å². The molecule has 0 saturated heterocycles. The number of carbonyl (C=O) groups excluding carboxylic acids is 1. The van der Waals surface area contributed by atoms with E-state index >= 15 is 0 Å². The predicted molar refractivity (Wildman–Crippen MR) is 121 cm³/mol. The maximum atomic E-state index is 13.6. The van der Waals surface area contributed by atoms with Crippen LogP contribution in [0.4, 0.5) is 10.1 Å². The van der Waals surface area contributed by atoms with Gasteiger partial charge in [-0.25, -0.2) is 4.39 Å². The monoisotopic (exact) mass is 442 g/mol. The van der Waals surface area contributed by atoms with Crippen molar-refractivity contribution < 1.29 is 13.9 Å². The van der Waals surface area contributed by atoms with E-state index in [1.807, 2.05) is 0 Å². The van der Waals surface area contributed by atoms with E-state index in [2.05, 4.69) is 16.6 Å². The summed E-state index contributed by atoms with van der Waals surface area (Å²) in [6.45, 7) is 0.181. The van der Waals surface area contributed by atoms with Gasteiger partial charge in [-0.05, 0) is 59.7 Å². The van der Waals surface area contributed by atoms with Gasteiger partial charge in [-0.2, -0.15) is 5.26 Å². The highest BCUT2D eigenvalue weighted by molar-refractivity contribution is 6.04. The molecule has 0 radical (unpaired) electrons. The van der Waals surface area contributed by atoms with Crippen LogP contribution in [0, 0.1) is 33.4 Å². The summed E-state index contributed by atoms with van der Waals surface area (Å²) in [5.41, 5.74) is 3.54. The number of fused-ring (bicyclic) bond motifs is 1. The van der Waals surface area contributed by atoms with Gasteiger partial charge >= 0.3 is 0 Å². The quantitative estimate of drug-likeness (QED) is 0.534. The number of rotatable bonds is 6. The van der Waals surface area contributed by atoms with Crippen LogP contribution in [-0.2, 0) is 11.2 Å². The van der Waals surface area contributed by atoms with Crippen molar-refractivity contribution in [1.82, 2.24) is 0 Å². The Balaban J connectivity index is 1.65. The van der Waals surface area contributed by atoms with Gasteiger partial charge in [-0.3, -0.25) is 4.79 Å². The molecule has 0 aromatic heterocycles. The van der Waals surface area contributed by atoms with E-state index in [1.165, 1.54) is 12.1 Å². The molecule has 33 heavy (non-hydrogen) atoms. The number of amides is 1. The molecule has 3 aromatic carbocycles. The van der Waals surface area contributed by atoms with Gasteiger partial charge in [0.05, 0.1) is 42.3 Å². The number of anilines is 1. The van der Waals surface area contributed by atoms with Crippen molar-refractivity contribution in [1.29, 1.82) is 10.7 Å². The van der Waals surface area contributed by atoms with Gasteiger partial charge in [0.1, 0.15) is 11.6 Å². The Morgan fingerprint density at radius 1 is 1.18 bits per heavy atom. The van der Waals surface area contributed by atoms with Crippen LogP contribution in [0.25, 0.3) is 0 Å². The van der Waals surface area contributed by atoms with E-state index in [0.717, 1.165) is 11.3 Å². The van der Waals surface area contributed by atoms with Crippen molar-refractivity contribution in [3.63, 3.8) is 0 Å². The number of hydrogen-bond donors (Lipinski definition) is 2. The number of ether oxygens (including phenoxy) is 1. The van der Waals surface area contributed by atoms with Gasteiger partial charge in [-0.1, -0.05) is 18.2 Å². The summed E-state index contributed by atoms with van der Waals surface area (Å²) in [4.78, 5) is 21.7. The lowest BCUT2D eigenvalue weighted by molar-refractivity contribution is -0.117. The second kappa shape index (κ2) is 9.40. The summed E-state index contributed by atoms with van der Waals surface area (Å²) in [5.74, 6) is -1.07. The fourth-order valence-electron chi connectivity index (χ4n) is 3.86. The summed E-state index contributed by atoms with van der Waals surface area (Å²) in [6, 6.07) is 19.7. The van der Waals surface area contributed by atoms with Crippen LogP contribution in [0.1, 0.15) is 28.3 Å². The summed E-state index contributed by atoms with van der Waals surface area (Å²) < 4.78 is 19.5. The van der Waals surface area contributed by atoms with Crippen molar-refractivity contribution >= 4 is 17.3 Å². The van der Waals surface area contributed by atoms with Gasteiger partial charge < -0.3 is 15.5 Å². The number of nitriles is 1. The molecule has 1 aliphatic heterocycles. The maximum absolute atomic E-state index is 13.6. The second-order valence-corrected chi connectivity index (χ2v) is 7.69. The normalized spacial score (nSPS) is 15.5. The largest absolute Gasteiger partial charge is 0.492 e. The molecule has 164 valence electrons. The number of benzene rings is 3. The molecule has 0 aliphatic carbocycles. The molecule has 0 saturated carbocycles. The van der Waals surface area contributed by atoms with E-state index in [0.29, 0.717) is 28.2 Å². The lowest BCUT2D eigenvalue weighted by atomic mass is 9.84. The van der Waals surface area contributed by atoms with Crippen molar-refractivity contribution in [3.05, 3.63) is 99.7 Å². The van der Waals surface area contributed by atoms with E-state index in [4.69, 9.17) is 15.4 Å². The molecule has 4 rings (SSSR count). The minimum Gasteiger partial charge on any atom is -0.492 e. The lowest BCUT2D eigenvalue weighted by Crippen LogP contribution is -2.36. The van der Waals surface area contributed by atoms with Gasteiger partial charge in [0.15, 0.2) is 0 Å². The van der Waals surface area contributed by atoms with E-state index in [9.17, 15) is 14.1 Å². The first-order valence-electron chi connectivity index (χ1n) is 10.2.